The molecule has 0 saturated heterocycles. The number of aryl methyl sites for hydroxylation is 1. The Bertz CT molecular complexity index is 1380. The number of anilines is 1. The topological polar surface area (TPSA) is 130 Å². The van der Waals surface area contributed by atoms with Gasteiger partial charge in [-0.25, -0.2) is 17.9 Å². The van der Waals surface area contributed by atoms with Crippen LogP contribution in [0.25, 0.3) is 11.1 Å². The summed E-state index contributed by atoms with van der Waals surface area (Å²) in [6, 6.07) is 12.8. The van der Waals surface area contributed by atoms with E-state index in [-0.39, 0.29) is 35.6 Å². The molecule has 9 nitrogen and oxygen atoms in total. The molecule has 2 aromatic carbocycles. The van der Waals surface area contributed by atoms with Gasteiger partial charge >= 0.3 is 5.97 Å². The van der Waals surface area contributed by atoms with E-state index in [0.717, 1.165) is 12.0 Å². The SMILES string of the molecule is CCCCC(=O)N(Cc1ccc(-c2ccccc2S(=O)(=O)Nc2onc(C)c2C)cc1)[C@H](C(=O)O)C(C)C. The molecular formula is C28H35N3O6S. The average molecular weight is 542 g/mol. The molecule has 204 valence electrons. The quantitative estimate of drug-likeness (QED) is 0.314. The summed E-state index contributed by atoms with van der Waals surface area (Å²) in [5, 5.41) is 13.6. The van der Waals surface area contributed by atoms with Crippen molar-refractivity contribution in [1.82, 2.24) is 10.1 Å². The van der Waals surface area contributed by atoms with E-state index >= 15 is 0 Å². The van der Waals surface area contributed by atoms with E-state index in [4.69, 9.17) is 4.52 Å². The number of carbonyl (C=O) groups is 2. The fraction of sp³-hybridized carbons (Fsp3) is 0.393. The second-order valence-electron chi connectivity index (χ2n) is 9.67. The summed E-state index contributed by atoms with van der Waals surface area (Å²) in [4.78, 5) is 26.5. The van der Waals surface area contributed by atoms with Crippen molar-refractivity contribution >= 4 is 27.8 Å². The van der Waals surface area contributed by atoms with E-state index < -0.39 is 22.0 Å². The van der Waals surface area contributed by atoms with Crippen LogP contribution in [0.2, 0.25) is 0 Å². The molecule has 0 spiro atoms. The number of hydrogen-bond acceptors (Lipinski definition) is 6. The Morgan fingerprint density at radius 1 is 1.08 bits per heavy atom. The molecule has 1 heterocycles. The number of benzene rings is 2. The average Bonchev–Trinajstić information content (AvgIpc) is 3.18. The molecule has 0 aliphatic carbocycles. The van der Waals surface area contributed by atoms with Gasteiger partial charge in [0.05, 0.1) is 10.6 Å². The number of unbranched alkanes of at least 4 members (excludes halogenated alkanes) is 1. The number of sulfonamides is 1. The second kappa shape index (κ2) is 12.3. The number of carbonyl (C=O) groups excluding carboxylic acids is 1. The maximum atomic E-state index is 13.2. The van der Waals surface area contributed by atoms with Gasteiger partial charge in [0, 0.05) is 24.1 Å². The number of aromatic nitrogens is 1. The van der Waals surface area contributed by atoms with Gasteiger partial charge in [0.25, 0.3) is 10.0 Å². The normalized spacial score (nSPS) is 12.4. The highest BCUT2D eigenvalue weighted by Gasteiger charge is 2.32. The number of nitrogens with one attached hydrogen (secondary N) is 1. The lowest BCUT2D eigenvalue weighted by atomic mass is 9.99. The predicted octanol–water partition coefficient (Wildman–Crippen LogP) is 5.39. The van der Waals surface area contributed by atoms with Crippen LogP contribution in [0.4, 0.5) is 5.88 Å². The Morgan fingerprint density at radius 3 is 2.29 bits per heavy atom. The lowest BCUT2D eigenvalue weighted by Gasteiger charge is -2.32. The van der Waals surface area contributed by atoms with Crippen molar-refractivity contribution in [1.29, 1.82) is 0 Å². The number of carboxylic acids is 1. The van der Waals surface area contributed by atoms with E-state index in [0.29, 0.717) is 28.8 Å². The van der Waals surface area contributed by atoms with Crippen molar-refractivity contribution < 1.29 is 27.6 Å². The number of carboxylic acid groups (broad SMARTS) is 1. The largest absolute Gasteiger partial charge is 0.480 e. The molecule has 0 fully saturated rings. The van der Waals surface area contributed by atoms with Crippen LogP contribution in [-0.4, -0.2) is 41.5 Å². The van der Waals surface area contributed by atoms with Crippen LogP contribution >= 0.6 is 0 Å². The van der Waals surface area contributed by atoms with Gasteiger partial charge < -0.3 is 14.5 Å². The van der Waals surface area contributed by atoms with Gasteiger partial charge in [-0.3, -0.25) is 4.79 Å². The third kappa shape index (κ3) is 6.61. The summed E-state index contributed by atoms with van der Waals surface area (Å²) in [6.07, 6.45) is 1.80. The molecule has 1 aromatic heterocycles. The smallest absolute Gasteiger partial charge is 0.326 e. The molecule has 0 unspecified atom stereocenters. The Labute approximate surface area is 223 Å². The standard InChI is InChI=1S/C28H35N3O6S/c1-6-7-12-25(32)31(26(18(2)3)28(33)34)17-21-13-15-22(16-14-21)23-10-8-9-11-24(23)38(35,36)30-27-19(4)20(5)29-37-27/h8-11,13-16,18,26,30H,6-7,12,17H2,1-5H3,(H,33,34)/t26-/m0/s1. The monoisotopic (exact) mass is 541 g/mol. The summed E-state index contributed by atoms with van der Waals surface area (Å²) in [6.45, 7) is 9.14. The van der Waals surface area contributed by atoms with Crippen molar-refractivity contribution in [2.24, 2.45) is 5.92 Å². The molecule has 1 atom stereocenters. The lowest BCUT2D eigenvalue weighted by molar-refractivity contribution is -0.153. The molecule has 3 aromatic rings. The third-order valence-corrected chi connectivity index (χ3v) is 7.85. The summed E-state index contributed by atoms with van der Waals surface area (Å²) < 4.78 is 34.1. The molecule has 0 bridgehead atoms. The molecule has 0 aliphatic heterocycles. The van der Waals surface area contributed by atoms with Gasteiger partial charge in [-0.1, -0.05) is 74.8 Å². The van der Waals surface area contributed by atoms with E-state index in [9.17, 15) is 23.1 Å². The number of aliphatic carboxylic acids is 1. The van der Waals surface area contributed by atoms with Gasteiger partial charge in [-0.2, -0.15) is 0 Å². The van der Waals surface area contributed by atoms with Crippen molar-refractivity contribution in [3.05, 3.63) is 65.4 Å². The number of nitrogens with zero attached hydrogens (tertiary/aromatic N) is 2. The lowest BCUT2D eigenvalue weighted by Crippen LogP contribution is -2.47. The molecule has 0 radical (unpaired) electrons. The van der Waals surface area contributed by atoms with Crippen LogP contribution in [0.1, 0.15) is 56.9 Å². The summed E-state index contributed by atoms with van der Waals surface area (Å²) in [5.74, 6) is -1.43. The Hall–Kier alpha value is -3.66. The minimum absolute atomic E-state index is 0.0682. The summed E-state index contributed by atoms with van der Waals surface area (Å²) in [7, 11) is -3.98. The van der Waals surface area contributed by atoms with Crippen LogP contribution in [0.15, 0.2) is 57.9 Å². The zero-order valence-electron chi connectivity index (χ0n) is 22.4. The maximum absolute atomic E-state index is 13.2. The molecular weight excluding hydrogens is 506 g/mol. The Kier molecular flexibility index (Phi) is 9.32. The van der Waals surface area contributed by atoms with Crippen molar-refractivity contribution in [2.75, 3.05) is 4.72 Å². The highest BCUT2D eigenvalue weighted by atomic mass is 32.2. The Balaban J connectivity index is 1.91. The predicted molar refractivity (Wildman–Crippen MR) is 145 cm³/mol. The van der Waals surface area contributed by atoms with E-state index in [1.807, 2.05) is 6.92 Å². The molecule has 0 aliphatic rings. The first kappa shape index (κ1) is 28.9. The summed E-state index contributed by atoms with van der Waals surface area (Å²) >= 11 is 0. The number of rotatable bonds is 12. The van der Waals surface area contributed by atoms with Crippen LogP contribution in [-0.2, 0) is 26.2 Å². The minimum Gasteiger partial charge on any atom is -0.480 e. The van der Waals surface area contributed by atoms with Gasteiger partial charge in [-0.05, 0) is 43.4 Å². The van der Waals surface area contributed by atoms with E-state index in [2.05, 4.69) is 9.88 Å². The first-order valence-corrected chi connectivity index (χ1v) is 14.1. The third-order valence-electron chi connectivity index (χ3n) is 6.46. The van der Waals surface area contributed by atoms with Crippen molar-refractivity contribution in [3.8, 4) is 11.1 Å². The van der Waals surface area contributed by atoms with Crippen molar-refractivity contribution in [3.63, 3.8) is 0 Å². The van der Waals surface area contributed by atoms with Crippen LogP contribution in [0, 0.1) is 19.8 Å². The molecule has 38 heavy (non-hydrogen) atoms. The van der Waals surface area contributed by atoms with Crippen LogP contribution in [0.5, 0.6) is 0 Å². The van der Waals surface area contributed by atoms with E-state index in [1.165, 1.54) is 11.0 Å². The van der Waals surface area contributed by atoms with Gasteiger partial charge in [0.1, 0.15) is 6.04 Å². The molecule has 10 heteroatoms. The molecule has 3 rings (SSSR count). The van der Waals surface area contributed by atoms with Gasteiger partial charge in [0.15, 0.2) is 0 Å². The number of amides is 1. The Morgan fingerprint density at radius 2 is 1.74 bits per heavy atom. The summed E-state index contributed by atoms with van der Waals surface area (Å²) in [5.41, 5.74) is 3.09. The molecule has 2 N–H and O–H groups in total. The second-order valence-corrected chi connectivity index (χ2v) is 11.3. The zero-order valence-corrected chi connectivity index (χ0v) is 23.2. The van der Waals surface area contributed by atoms with E-state index in [1.54, 1.807) is 70.2 Å². The molecule has 1 amide bonds. The zero-order chi connectivity index (χ0) is 28.0. The van der Waals surface area contributed by atoms with Gasteiger partial charge in [0.2, 0.25) is 11.8 Å². The van der Waals surface area contributed by atoms with Gasteiger partial charge in [-0.15, -0.1) is 0 Å². The fourth-order valence-corrected chi connectivity index (χ4v) is 5.48. The first-order chi connectivity index (χ1) is 18.0. The highest BCUT2D eigenvalue weighted by Crippen LogP contribution is 2.30. The molecule has 0 saturated carbocycles. The van der Waals surface area contributed by atoms with Crippen LogP contribution < -0.4 is 4.72 Å². The van der Waals surface area contributed by atoms with Crippen molar-refractivity contribution in [2.45, 2.75) is 71.4 Å². The maximum Gasteiger partial charge on any atom is 0.326 e. The number of hydrogen-bond donors (Lipinski definition) is 2. The first-order valence-electron chi connectivity index (χ1n) is 12.6. The fourth-order valence-electron chi connectivity index (χ4n) is 4.21. The minimum atomic E-state index is -3.98. The van der Waals surface area contributed by atoms with Crippen LogP contribution in [0.3, 0.4) is 0 Å². The highest BCUT2D eigenvalue weighted by molar-refractivity contribution is 7.92.